The maximum Gasteiger partial charge on any atom is 0.0541 e. The number of para-hydroxylation sites is 1. The lowest BCUT2D eigenvalue weighted by molar-refractivity contribution is 1.18. The molecule has 7 rings (SSSR count). The van der Waals surface area contributed by atoms with Crippen LogP contribution in [0.3, 0.4) is 0 Å². The third-order valence-corrected chi connectivity index (χ3v) is 9.05. The number of rotatable bonds is 7. The van der Waals surface area contributed by atoms with E-state index >= 15 is 0 Å². The second-order valence-corrected chi connectivity index (χ2v) is 11.9. The van der Waals surface area contributed by atoms with Crippen molar-refractivity contribution in [3.63, 3.8) is 0 Å². The van der Waals surface area contributed by atoms with E-state index in [1.807, 2.05) is 6.08 Å². The van der Waals surface area contributed by atoms with Crippen LogP contribution in [-0.4, -0.2) is 4.57 Å². The highest BCUT2D eigenvalue weighted by molar-refractivity contribution is 6.10. The number of hydrogen-bond acceptors (Lipinski definition) is 0. The van der Waals surface area contributed by atoms with Gasteiger partial charge in [0, 0.05) is 16.5 Å². The van der Waals surface area contributed by atoms with Crippen molar-refractivity contribution in [3.05, 3.63) is 181 Å². The fourth-order valence-corrected chi connectivity index (χ4v) is 6.63. The van der Waals surface area contributed by atoms with Crippen LogP contribution in [0.1, 0.15) is 25.0 Å². The van der Waals surface area contributed by atoms with Crippen LogP contribution in [-0.2, 0) is 0 Å². The predicted molar refractivity (Wildman–Crippen MR) is 199 cm³/mol. The molecule has 7 aromatic rings. The number of fused-ring (bicyclic) bond motifs is 3. The van der Waals surface area contributed by atoms with Crippen LogP contribution < -0.4 is 0 Å². The largest absolute Gasteiger partial charge is 0.309 e. The van der Waals surface area contributed by atoms with Gasteiger partial charge >= 0.3 is 0 Å². The smallest absolute Gasteiger partial charge is 0.0541 e. The first-order chi connectivity index (χ1) is 22.6. The summed E-state index contributed by atoms with van der Waals surface area (Å²) < 4.78 is 2.39. The number of aromatic nitrogens is 1. The quantitative estimate of drug-likeness (QED) is 0.163. The minimum atomic E-state index is 1.15. The molecule has 1 heterocycles. The van der Waals surface area contributed by atoms with E-state index in [-0.39, 0.29) is 0 Å². The summed E-state index contributed by atoms with van der Waals surface area (Å²) in [6, 6.07) is 50.7. The molecule has 0 saturated carbocycles. The highest BCUT2D eigenvalue weighted by atomic mass is 15.0. The summed E-state index contributed by atoms with van der Waals surface area (Å²) in [6.45, 7) is 10.4. The van der Waals surface area contributed by atoms with E-state index in [9.17, 15) is 0 Å². The summed E-state index contributed by atoms with van der Waals surface area (Å²) in [5.74, 6) is 0. The first-order valence-corrected chi connectivity index (χ1v) is 15.9. The number of nitrogens with zero attached hydrogens (tertiary/aromatic N) is 1. The topological polar surface area (TPSA) is 4.93 Å². The molecule has 0 aliphatic heterocycles. The van der Waals surface area contributed by atoms with E-state index < -0.39 is 0 Å². The van der Waals surface area contributed by atoms with Crippen LogP contribution in [0.15, 0.2) is 170 Å². The Morgan fingerprint density at radius 3 is 1.89 bits per heavy atom. The van der Waals surface area contributed by atoms with Crippen LogP contribution >= 0.6 is 0 Å². The zero-order valence-corrected chi connectivity index (χ0v) is 26.7. The lowest BCUT2D eigenvalue weighted by atomic mass is 9.92. The molecule has 0 bridgehead atoms. The third kappa shape index (κ3) is 5.21. The monoisotopic (exact) mass is 591 g/mol. The van der Waals surface area contributed by atoms with Crippen molar-refractivity contribution >= 4 is 27.4 Å². The molecule has 0 N–H and O–H groups in total. The molecule has 0 saturated heterocycles. The molecule has 0 unspecified atom stereocenters. The maximum atomic E-state index is 4.03. The van der Waals surface area contributed by atoms with Gasteiger partial charge in [-0.3, -0.25) is 0 Å². The Morgan fingerprint density at radius 1 is 0.587 bits per heavy atom. The highest BCUT2D eigenvalue weighted by Crippen LogP contribution is 2.38. The van der Waals surface area contributed by atoms with E-state index in [4.69, 9.17) is 0 Å². The van der Waals surface area contributed by atoms with Gasteiger partial charge in [-0.1, -0.05) is 128 Å². The summed E-state index contributed by atoms with van der Waals surface area (Å²) >= 11 is 0. The maximum absolute atomic E-state index is 4.03. The molecular formula is C45H37N. The van der Waals surface area contributed by atoms with E-state index in [1.54, 1.807) is 0 Å². The SMILES string of the molecule is C=C/C(C)=C(\C=C/C)c1cc(-c2ccc3c(c2)c2ccccc2n3-c2ccc(-c3ccccc3-c3ccccc3)cc2)ccc1C. The van der Waals surface area contributed by atoms with Crippen molar-refractivity contribution in [3.8, 4) is 39.1 Å². The highest BCUT2D eigenvalue weighted by Gasteiger charge is 2.15. The van der Waals surface area contributed by atoms with E-state index in [1.165, 1.54) is 77.5 Å². The predicted octanol–water partition coefficient (Wildman–Crippen LogP) is 12.6. The van der Waals surface area contributed by atoms with Crippen molar-refractivity contribution in [2.24, 2.45) is 0 Å². The van der Waals surface area contributed by atoms with Gasteiger partial charge in [-0.2, -0.15) is 0 Å². The van der Waals surface area contributed by atoms with Crippen molar-refractivity contribution in [2.75, 3.05) is 0 Å². The molecule has 46 heavy (non-hydrogen) atoms. The van der Waals surface area contributed by atoms with E-state index in [2.05, 4.69) is 184 Å². The number of aryl methyl sites for hydroxylation is 1. The Hall–Kier alpha value is -5.66. The summed E-state index contributed by atoms with van der Waals surface area (Å²) in [5, 5.41) is 2.50. The van der Waals surface area contributed by atoms with Gasteiger partial charge in [-0.25, -0.2) is 0 Å². The first kappa shape index (κ1) is 29.1. The standard InChI is InChI=1S/C45H37N/c1-5-14-38(31(3)6-2)42-29-35(22-21-32(42)4)36-25-28-45-43(30-36)41-19-12-13-20-44(41)46(45)37-26-23-34(24-27-37)40-18-11-10-17-39(40)33-15-8-7-9-16-33/h5-30H,2H2,1,3-4H3/b14-5-,38-31+. The molecule has 222 valence electrons. The minimum absolute atomic E-state index is 1.15. The van der Waals surface area contributed by atoms with Gasteiger partial charge in [0.15, 0.2) is 0 Å². The minimum Gasteiger partial charge on any atom is -0.309 e. The molecule has 0 aliphatic carbocycles. The van der Waals surface area contributed by atoms with E-state index in [0.29, 0.717) is 0 Å². The lowest BCUT2D eigenvalue weighted by Crippen LogP contribution is -1.94. The van der Waals surface area contributed by atoms with Crippen LogP contribution in [0, 0.1) is 6.92 Å². The third-order valence-electron chi connectivity index (χ3n) is 9.05. The average Bonchev–Trinajstić information content (AvgIpc) is 3.45. The Kier molecular flexibility index (Phi) is 7.83. The summed E-state index contributed by atoms with van der Waals surface area (Å²) in [5.41, 5.74) is 15.8. The summed E-state index contributed by atoms with van der Waals surface area (Å²) in [4.78, 5) is 0. The fraction of sp³-hybridized carbons (Fsp3) is 0.0667. The molecule has 1 heteroatoms. The molecule has 0 radical (unpaired) electrons. The molecule has 1 nitrogen and oxygen atoms in total. The molecular weight excluding hydrogens is 555 g/mol. The zero-order chi connectivity index (χ0) is 31.6. The second kappa shape index (κ2) is 12.4. The first-order valence-electron chi connectivity index (χ1n) is 15.9. The van der Waals surface area contributed by atoms with Crippen molar-refractivity contribution in [1.29, 1.82) is 0 Å². The van der Waals surface area contributed by atoms with Crippen LogP contribution in [0.5, 0.6) is 0 Å². The lowest BCUT2D eigenvalue weighted by Gasteiger charge is -2.13. The van der Waals surface area contributed by atoms with E-state index in [0.717, 1.165) is 5.69 Å². The summed E-state index contributed by atoms with van der Waals surface area (Å²) in [7, 11) is 0. The van der Waals surface area contributed by atoms with Crippen molar-refractivity contribution in [2.45, 2.75) is 20.8 Å². The molecule has 0 spiro atoms. The van der Waals surface area contributed by atoms with Gasteiger partial charge in [-0.15, -0.1) is 0 Å². The van der Waals surface area contributed by atoms with Gasteiger partial charge in [0.25, 0.3) is 0 Å². The van der Waals surface area contributed by atoms with Gasteiger partial charge in [0.1, 0.15) is 0 Å². The second-order valence-electron chi connectivity index (χ2n) is 11.9. The van der Waals surface area contributed by atoms with Gasteiger partial charge in [0.05, 0.1) is 11.0 Å². The normalized spacial score (nSPS) is 12.2. The van der Waals surface area contributed by atoms with Crippen LogP contribution in [0.2, 0.25) is 0 Å². The van der Waals surface area contributed by atoms with Crippen molar-refractivity contribution < 1.29 is 0 Å². The average molecular weight is 592 g/mol. The Balaban J connectivity index is 1.33. The molecule has 0 fully saturated rings. The number of benzene rings is 6. The fourth-order valence-electron chi connectivity index (χ4n) is 6.63. The van der Waals surface area contributed by atoms with Gasteiger partial charge < -0.3 is 4.57 Å². The zero-order valence-electron chi connectivity index (χ0n) is 26.7. The Bertz CT molecular complexity index is 2270. The molecule has 0 amide bonds. The number of allylic oxidation sites excluding steroid dienone is 5. The Labute approximate surface area is 272 Å². The van der Waals surface area contributed by atoms with Crippen molar-refractivity contribution in [1.82, 2.24) is 4.57 Å². The van der Waals surface area contributed by atoms with Gasteiger partial charge in [0.2, 0.25) is 0 Å². The number of hydrogen-bond donors (Lipinski definition) is 0. The van der Waals surface area contributed by atoms with Crippen LogP contribution in [0.25, 0.3) is 66.4 Å². The van der Waals surface area contributed by atoms with Crippen LogP contribution in [0.4, 0.5) is 0 Å². The van der Waals surface area contributed by atoms with Gasteiger partial charge in [-0.05, 0) is 113 Å². The molecule has 6 aromatic carbocycles. The summed E-state index contributed by atoms with van der Waals surface area (Å²) in [6.07, 6.45) is 6.23. The molecule has 0 atom stereocenters. The Morgan fingerprint density at radius 2 is 1.17 bits per heavy atom. The molecule has 1 aromatic heterocycles. The molecule has 0 aliphatic rings.